The van der Waals surface area contributed by atoms with Crippen molar-refractivity contribution < 1.29 is 14.6 Å². The standard InChI is InChI=1S/C10H17NO3/c1-2-3-4-5-6-11-7-8-14-10(13)9(11)12/h7-8,10,13H,2-6H2,1H3. The van der Waals surface area contributed by atoms with Crippen LogP contribution in [0.4, 0.5) is 0 Å². The summed E-state index contributed by atoms with van der Waals surface area (Å²) in [6.07, 6.45) is 6.06. The Morgan fingerprint density at radius 3 is 3.00 bits per heavy atom. The Hall–Kier alpha value is -1.03. The number of nitrogens with zero attached hydrogens (tertiary/aromatic N) is 1. The van der Waals surface area contributed by atoms with E-state index >= 15 is 0 Å². The number of ether oxygens (including phenoxy) is 1. The Labute approximate surface area is 84.2 Å². The van der Waals surface area contributed by atoms with Crippen LogP contribution < -0.4 is 0 Å². The zero-order valence-electron chi connectivity index (χ0n) is 8.48. The second-order valence-corrected chi connectivity index (χ2v) is 3.37. The highest BCUT2D eigenvalue weighted by atomic mass is 16.6. The molecular formula is C10H17NO3. The molecule has 80 valence electrons. The molecule has 0 fully saturated rings. The van der Waals surface area contributed by atoms with Crippen molar-refractivity contribution in [2.75, 3.05) is 6.54 Å². The maximum absolute atomic E-state index is 11.3. The van der Waals surface area contributed by atoms with Gasteiger partial charge in [0, 0.05) is 12.7 Å². The van der Waals surface area contributed by atoms with E-state index in [4.69, 9.17) is 5.11 Å². The fourth-order valence-corrected chi connectivity index (χ4v) is 1.35. The molecule has 0 aliphatic carbocycles. The van der Waals surface area contributed by atoms with Crippen LogP contribution in [0.3, 0.4) is 0 Å². The SMILES string of the molecule is CCCCCCN1C=COC(O)C1=O. The monoisotopic (exact) mass is 199 g/mol. The topological polar surface area (TPSA) is 49.8 Å². The molecule has 0 saturated carbocycles. The van der Waals surface area contributed by atoms with Gasteiger partial charge in [0.05, 0.1) is 0 Å². The minimum atomic E-state index is -1.31. The van der Waals surface area contributed by atoms with Crippen molar-refractivity contribution in [3.05, 3.63) is 12.5 Å². The molecular weight excluding hydrogens is 182 g/mol. The number of rotatable bonds is 5. The second kappa shape index (κ2) is 5.65. The molecule has 1 aliphatic heterocycles. The van der Waals surface area contributed by atoms with Gasteiger partial charge >= 0.3 is 0 Å². The smallest absolute Gasteiger partial charge is 0.295 e. The average molecular weight is 199 g/mol. The maximum atomic E-state index is 11.3. The first-order valence-electron chi connectivity index (χ1n) is 5.06. The molecule has 1 N–H and O–H groups in total. The summed E-state index contributed by atoms with van der Waals surface area (Å²) in [4.78, 5) is 12.8. The van der Waals surface area contributed by atoms with Gasteiger partial charge in [0.1, 0.15) is 6.26 Å². The van der Waals surface area contributed by atoms with E-state index in [0.29, 0.717) is 6.54 Å². The zero-order chi connectivity index (χ0) is 10.4. The van der Waals surface area contributed by atoms with Crippen LogP contribution >= 0.6 is 0 Å². The number of amides is 1. The molecule has 1 heterocycles. The summed E-state index contributed by atoms with van der Waals surface area (Å²) in [6.45, 7) is 2.80. The van der Waals surface area contributed by atoms with Crippen molar-refractivity contribution in [2.24, 2.45) is 0 Å². The van der Waals surface area contributed by atoms with E-state index in [-0.39, 0.29) is 5.91 Å². The van der Waals surface area contributed by atoms with Crippen LogP contribution in [0.1, 0.15) is 32.6 Å². The van der Waals surface area contributed by atoms with Crippen LogP contribution in [-0.4, -0.2) is 28.7 Å². The van der Waals surface area contributed by atoms with Crippen molar-refractivity contribution >= 4 is 5.91 Å². The van der Waals surface area contributed by atoms with Crippen molar-refractivity contribution in [2.45, 2.75) is 38.9 Å². The summed E-state index contributed by atoms with van der Waals surface area (Å²) >= 11 is 0. The van der Waals surface area contributed by atoms with Gasteiger partial charge in [-0.3, -0.25) is 4.79 Å². The van der Waals surface area contributed by atoms with E-state index in [1.54, 1.807) is 6.20 Å². The number of carbonyl (C=O) groups excluding carboxylic acids is 1. The Bertz CT molecular complexity index is 215. The van der Waals surface area contributed by atoms with Crippen LogP contribution in [0.25, 0.3) is 0 Å². The average Bonchev–Trinajstić information content (AvgIpc) is 2.19. The molecule has 0 aromatic heterocycles. The number of aliphatic hydroxyl groups excluding tert-OH is 1. The molecule has 0 aromatic carbocycles. The first kappa shape index (κ1) is 11.0. The maximum Gasteiger partial charge on any atom is 0.295 e. The lowest BCUT2D eigenvalue weighted by molar-refractivity contribution is -0.161. The Balaban J connectivity index is 2.26. The van der Waals surface area contributed by atoms with Gasteiger partial charge in [-0.05, 0) is 6.42 Å². The van der Waals surface area contributed by atoms with E-state index in [2.05, 4.69) is 11.7 Å². The molecule has 0 bridgehead atoms. The summed E-state index contributed by atoms with van der Waals surface area (Å²) in [5.41, 5.74) is 0. The molecule has 0 spiro atoms. The van der Waals surface area contributed by atoms with Gasteiger partial charge in [0.2, 0.25) is 0 Å². The zero-order valence-corrected chi connectivity index (χ0v) is 8.48. The summed E-state index contributed by atoms with van der Waals surface area (Å²) in [6, 6.07) is 0. The van der Waals surface area contributed by atoms with Gasteiger partial charge in [0.25, 0.3) is 12.2 Å². The van der Waals surface area contributed by atoms with E-state index in [9.17, 15) is 4.79 Å². The molecule has 4 heteroatoms. The fourth-order valence-electron chi connectivity index (χ4n) is 1.35. The lowest BCUT2D eigenvalue weighted by atomic mass is 10.2. The Kier molecular flexibility index (Phi) is 4.46. The van der Waals surface area contributed by atoms with Gasteiger partial charge < -0.3 is 14.7 Å². The lowest BCUT2D eigenvalue weighted by Gasteiger charge is -2.24. The van der Waals surface area contributed by atoms with E-state index in [1.807, 2.05) is 0 Å². The molecule has 14 heavy (non-hydrogen) atoms. The number of unbranched alkanes of at least 4 members (excludes halogenated alkanes) is 3. The molecule has 1 atom stereocenters. The normalized spacial score (nSPS) is 21.1. The summed E-state index contributed by atoms with van der Waals surface area (Å²) in [7, 11) is 0. The van der Waals surface area contributed by atoms with Gasteiger partial charge in [-0.2, -0.15) is 0 Å². The predicted octanol–water partition coefficient (Wildman–Crippen LogP) is 1.22. The van der Waals surface area contributed by atoms with Crippen molar-refractivity contribution in [3.8, 4) is 0 Å². The summed E-state index contributed by atoms with van der Waals surface area (Å²) in [5, 5.41) is 9.09. The molecule has 1 amide bonds. The van der Waals surface area contributed by atoms with Crippen molar-refractivity contribution in [3.63, 3.8) is 0 Å². The lowest BCUT2D eigenvalue weighted by Crippen LogP contribution is -2.39. The third-order valence-corrected chi connectivity index (χ3v) is 2.20. The molecule has 4 nitrogen and oxygen atoms in total. The van der Waals surface area contributed by atoms with Gasteiger partial charge in [-0.15, -0.1) is 0 Å². The quantitative estimate of drug-likeness (QED) is 0.677. The largest absolute Gasteiger partial charge is 0.462 e. The third kappa shape index (κ3) is 3.03. The van der Waals surface area contributed by atoms with Crippen LogP contribution in [0, 0.1) is 0 Å². The molecule has 1 unspecified atom stereocenters. The summed E-state index contributed by atoms with van der Waals surface area (Å²) in [5.74, 6) is -0.371. The van der Waals surface area contributed by atoms with Crippen LogP contribution in [0.2, 0.25) is 0 Å². The highest BCUT2D eigenvalue weighted by Gasteiger charge is 2.24. The van der Waals surface area contributed by atoms with Crippen molar-refractivity contribution in [1.82, 2.24) is 4.90 Å². The number of hydrogen-bond donors (Lipinski definition) is 1. The van der Waals surface area contributed by atoms with Crippen LogP contribution in [-0.2, 0) is 9.53 Å². The van der Waals surface area contributed by atoms with Gasteiger partial charge in [-0.1, -0.05) is 26.2 Å². The first-order valence-corrected chi connectivity index (χ1v) is 5.06. The number of hydrogen-bond acceptors (Lipinski definition) is 3. The third-order valence-electron chi connectivity index (χ3n) is 2.20. The predicted molar refractivity (Wildman–Crippen MR) is 52.1 cm³/mol. The van der Waals surface area contributed by atoms with E-state index < -0.39 is 6.29 Å². The van der Waals surface area contributed by atoms with Crippen molar-refractivity contribution in [1.29, 1.82) is 0 Å². The minimum absolute atomic E-state index is 0.371. The highest BCUT2D eigenvalue weighted by molar-refractivity contribution is 5.81. The minimum Gasteiger partial charge on any atom is -0.462 e. The molecule has 0 radical (unpaired) electrons. The van der Waals surface area contributed by atoms with E-state index in [1.165, 1.54) is 24.0 Å². The molecule has 1 aliphatic rings. The molecule has 0 aromatic rings. The number of carbonyl (C=O) groups is 1. The fraction of sp³-hybridized carbons (Fsp3) is 0.700. The second-order valence-electron chi connectivity index (χ2n) is 3.37. The first-order chi connectivity index (χ1) is 6.75. The van der Waals surface area contributed by atoms with Gasteiger partial charge in [-0.25, -0.2) is 0 Å². The van der Waals surface area contributed by atoms with Crippen LogP contribution in [0.5, 0.6) is 0 Å². The molecule has 0 saturated heterocycles. The molecule has 1 rings (SSSR count). The van der Waals surface area contributed by atoms with Crippen LogP contribution in [0.15, 0.2) is 12.5 Å². The van der Waals surface area contributed by atoms with Gasteiger partial charge in [0.15, 0.2) is 0 Å². The Morgan fingerprint density at radius 2 is 2.29 bits per heavy atom. The Morgan fingerprint density at radius 1 is 1.50 bits per heavy atom. The van der Waals surface area contributed by atoms with E-state index in [0.717, 1.165) is 12.8 Å². The highest BCUT2D eigenvalue weighted by Crippen LogP contribution is 2.08. The summed E-state index contributed by atoms with van der Waals surface area (Å²) < 4.78 is 4.63. The number of aliphatic hydroxyl groups is 1.